The van der Waals surface area contributed by atoms with Crippen LogP contribution < -0.4 is 15.5 Å². The number of aliphatic hydroxyl groups is 1. The van der Waals surface area contributed by atoms with Gasteiger partial charge in [-0.2, -0.15) is 4.98 Å². The van der Waals surface area contributed by atoms with Gasteiger partial charge in [-0.05, 0) is 68.7 Å². The first-order chi connectivity index (χ1) is 18.2. The number of aromatic nitrogens is 3. The van der Waals surface area contributed by atoms with Crippen molar-refractivity contribution in [1.29, 1.82) is 0 Å². The Kier molecular flexibility index (Phi) is 7.27. The second-order valence-corrected chi connectivity index (χ2v) is 12.5. The number of hydrogen-bond donors (Lipinski definition) is 3. The topological polar surface area (TPSA) is 112 Å². The first-order valence-corrected chi connectivity index (χ1v) is 14.5. The maximum absolute atomic E-state index is 12.9. The van der Waals surface area contributed by atoms with Crippen molar-refractivity contribution in [3.8, 4) is 0 Å². The second-order valence-electron chi connectivity index (χ2n) is 10.0. The second kappa shape index (κ2) is 10.6. The zero-order chi connectivity index (χ0) is 26.9. The Morgan fingerprint density at radius 2 is 1.74 bits per heavy atom. The third-order valence-corrected chi connectivity index (χ3v) is 9.27. The molecule has 4 aromatic rings. The third-order valence-electron chi connectivity index (χ3n) is 7.02. The number of aliphatic hydroxyl groups excluding tert-OH is 1. The molecule has 200 valence electrons. The van der Waals surface area contributed by atoms with Crippen molar-refractivity contribution in [2.24, 2.45) is 7.05 Å². The molecular weight excluding hydrogens is 500 g/mol. The van der Waals surface area contributed by atoms with Gasteiger partial charge < -0.3 is 25.2 Å². The molecule has 3 heterocycles. The van der Waals surface area contributed by atoms with E-state index in [4.69, 9.17) is 9.97 Å². The van der Waals surface area contributed by atoms with E-state index in [1.165, 1.54) is 0 Å². The van der Waals surface area contributed by atoms with Gasteiger partial charge in [-0.3, -0.25) is 0 Å². The number of nitrogens with zero attached hydrogens (tertiary/aromatic N) is 4. The van der Waals surface area contributed by atoms with Crippen LogP contribution in [0.1, 0.15) is 32.3 Å². The lowest BCUT2D eigenvalue weighted by Crippen LogP contribution is -2.35. The number of piperidine rings is 1. The quantitative estimate of drug-likeness (QED) is 0.304. The molecule has 0 atom stereocenters. The van der Waals surface area contributed by atoms with E-state index >= 15 is 0 Å². The van der Waals surface area contributed by atoms with Crippen molar-refractivity contribution < 1.29 is 13.5 Å². The Hall–Kier alpha value is -3.63. The smallest absolute Gasteiger partial charge is 0.229 e. The van der Waals surface area contributed by atoms with E-state index in [0.717, 1.165) is 48.3 Å². The van der Waals surface area contributed by atoms with E-state index < -0.39 is 15.1 Å². The summed E-state index contributed by atoms with van der Waals surface area (Å²) in [6.07, 6.45) is 3.30. The Morgan fingerprint density at radius 1 is 1.03 bits per heavy atom. The minimum Gasteiger partial charge on any atom is -0.393 e. The molecule has 3 N–H and O–H groups in total. The highest BCUT2D eigenvalue weighted by Crippen LogP contribution is 2.28. The molecule has 0 unspecified atom stereocenters. The van der Waals surface area contributed by atoms with Crippen LogP contribution in [0, 0.1) is 0 Å². The van der Waals surface area contributed by atoms with Gasteiger partial charge in [0.1, 0.15) is 5.52 Å². The lowest BCUT2D eigenvalue weighted by molar-refractivity contribution is 0.145. The average Bonchev–Trinajstić information content (AvgIpc) is 3.29. The summed E-state index contributed by atoms with van der Waals surface area (Å²) in [5.74, 6) is 1.06. The lowest BCUT2D eigenvalue weighted by atomic mass is 10.1. The minimum atomic E-state index is -3.42. The molecule has 2 aromatic heterocycles. The minimum absolute atomic E-state index is 0.201. The molecular formula is C28H34N6O3S. The number of anilines is 4. The summed E-state index contributed by atoms with van der Waals surface area (Å²) >= 11 is 0. The van der Waals surface area contributed by atoms with Crippen LogP contribution in [-0.4, -0.2) is 52.5 Å². The van der Waals surface area contributed by atoms with Gasteiger partial charge in [0.15, 0.2) is 15.7 Å². The maximum Gasteiger partial charge on any atom is 0.229 e. The molecule has 10 heteroatoms. The summed E-state index contributed by atoms with van der Waals surface area (Å²) in [6, 6.07) is 17.1. The van der Waals surface area contributed by atoms with Crippen molar-refractivity contribution >= 4 is 44.0 Å². The van der Waals surface area contributed by atoms with Gasteiger partial charge in [0.2, 0.25) is 5.95 Å². The van der Waals surface area contributed by atoms with Gasteiger partial charge in [-0.15, -0.1) is 0 Å². The maximum atomic E-state index is 12.9. The van der Waals surface area contributed by atoms with Crippen LogP contribution in [0.3, 0.4) is 0 Å². The van der Waals surface area contributed by atoms with Gasteiger partial charge in [0, 0.05) is 44.3 Å². The normalized spacial score (nSPS) is 14.8. The van der Waals surface area contributed by atoms with Gasteiger partial charge in [0.05, 0.1) is 21.8 Å². The van der Waals surface area contributed by atoms with Crippen LogP contribution in [-0.2, 0) is 23.4 Å². The van der Waals surface area contributed by atoms with E-state index in [1.54, 1.807) is 26.0 Å². The fourth-order valence-electron chi connectivity index (χ4n) is 4.74. The van der Waals surface area contributed by atoms with Crippen molar-refractivity contribution in [2.45, 2.75) is 49.5 Å². The largest absolute Gasteiger partial charge is 0.393 e. The summed E-state index contributed by atoms with van der Waals surface area (Å²) in [6.45, 7) is 5.38. The van der Waals surface area contributed by atoms with Crippen molar-refractivity contribution in [3.05, 3.63) is 66.4 Å². The van der Waals surface area contributed by atoms with Gasteiger partial charge in [0.25, 0.3) is 0 Å². The van der Waals surface area contributed by atoms with Crippen molar-refractivity contribution in [1.82, 2.24) is 14.5 Å². The highest BCUT2D eigenvalue weighted by Gasteiger charge is 2.22. The SMILES string of the molecule is CC(C)S(=O)(=O)c1ccccc1CNc1nc(Nc2ccc(N3CCC(O)CC3)cc2)nc2ccn(C)c12. The summed E-state index contributed by atoms with van der Waals surface area (Å²) < 4.78 is 27.8. The molecule has 1 aliphatic heterocycles. The van der Waals surface area contributed by atoms with Gasteiger partial charge in [-0.25, -0.2) is 13.4 Å². The van der Waals surface area contributed by atoms with E-state index in [9.17, 15) is 13.5 Å². The molecule has 0 saturated carbocycles. The molecule has 5 rings (SSSR count). The highest BCUT2D eigenvalue weighted by atomic mass is 32.2. The molecule has 1 aliphatic rings. The third kappa shape index (κ3) is 5.32. The first kappa shape index (κ1) is 26.0. The summed E-state index contributed by atoms with van der Waals surface area (Å²) in [4.78, 5) is 12.1. The fourth-order valence-corrected chi connectivity index (χ4v) is 6.02. The molecule has 0 bridgehead atoms. The number of sulfone groups is 1. The number of rotatable bonds is 8. The molecule has 0 aliphatic carbocycles. The number of aryl methyl sites for hydroxylation is 1. The molecule has 0 spiro atoms. The number of fused-ring (bicyclic) bond motifs is 1. The lowest BCUT2D eigenvalue weighted by Gasteiger charge is -2.31. The first-order valence-electron chi connectivity index (χ1n) is 12.9. The number of hydrogen-bond acceptors (Lipinski definition) is 8. The molecule has 38 heavy (non-hydrogen) atoms. The van der Waals surface area contributed by atoms with E-state index in [-0.39, 0.29) is 6.10 Å². The van der Waals surface area contributed by atoms with E-state index in [2.05, 4.69) is 27.7 Å². The standard InChI is InChI=1S/C28H34N6O3S/c1-19(2)38(36,37)25-7-5-4-6-20(25)18-29-27-26-24(14-15-33(26)3)31-28(32-27)30-21-8-10-22(11-9-21)34-16-12-23(35)13-17-34/h4-11,14-15,19,23,35H,12-13,16-18H2,1-3H3,(H2,29,30,31,32). The van der Waals surface area contributed by atoms with E-state index in [1.807, 2.05) is 48.1 Å². The van der Waals surface area contributed by atoms with Gasteiger partial charge in [-0.1, -0.05) is 18.2 Å². The van der Waals surface area contributed by atoms with Crippen molar-refractivity contribution in [3.63, 3.8) is 0 Å². The van der Waals surface area contributed by atoms with Crippen LogP contribution >= 0.6 is 0 Å². The van der Waals surface area contributed by atoms with Crippen LogP contribution in [0.4, 0.5) is 23.1 Å². The van der Waals surface area contributed by atoms with Gasteiger partial charge >= 0.3 is 0 Å². The Morgan fingerprint density at radius 3 is 2.45 bits per heavy atom. The molecule has 1 saturated heterocycles. The molecule has 0 amide bonds. The van der Waals surface area contributed by atoms with Crippen molar-refractivity contribution in [2.75, 3.05) is 28.6 Å². The predicted octanol–water partition coefficient (Wildman–Crippen LogP) is 4.47. The molecule has 9 nitrogen and oxygen atoms in total. The average molecular weight is 535 g/mol. The Bertz CT molecular complexity index is 1520. The molecule has 0 radical (unpaired) electrons. The van der Waals surface area contributed by atoms with Crippen LogP contribution in [0.25, 0.3) is 11.0 Å². The number of nitrogens with one attached hydrogen (secondary N) is 2. The zero-order valence-electron chi connectivity index (χ0n) is 21.9. The van der Waals surface area contributed by atoms with Crippen LogP contribution in [0.5, 0.6) is 0 Å². The highest BCUT2D eigenvalue weighted by molar-refractivity contribution is 7.92. The zero-order valence-corrected chi connectivity index (χ0v) is 22.7. The van der Waals surface area contributed by atoms with Crippen LogP contribution in [0.15, 0.2) is 65.7 Å². The molecule has 1 fully saturated rings. The van der Waals surface area contributed by atoms with Crippen LogP contribution in [0.2, 0.25) is 0 Å². The monoisotopic (exact) mass is 534 g/mol. The summed E-state index contributed by atoms with van der Waals surface area (Å²) in [7, 11) is -1.49. The Labute approximate surface area is 223 Å². The Balaban J connectivity index is 1.38. The summed E-state index contributed by atoms with van der Waals surface area (Å²) in [5.41, 5.74) is 4.29. The molecule has 2 aromatic carbocycles. The fraction of sp³-hybridized carbons (Fsp3) is 0.357. The predicted molar refractivity (Wildman–Crippen MR) is 152 cm³/mol. The number of benzene rings is 2. The summed E-state index contributed by atoms with van der Waals surface area (Å²) in [5, 5.41) is 15.9. The van der Waals surface area contributed by atoms with E-state index in [0.29, 0.717) is 28.8 Å².